The lowest BCUT2D eigenvalue weighted by molar-refractivity contribution is -0.384. The molecule has 0 radical (unpaired) electrons. The first kappa shape index (κ1) is 32.6. The number of nitro groups is 1. The van der Waals surface area contributed by atoms with Crippen LogP contribution in [0.4, 0.5) is 5.69 Å². The van der Waals surface area contributed by atoms with Gasteiger partial charge in [-0.1, -0.05) is 41.7 Å². The van der Waals surface area contributed by atoms with Crippen LogP contribution in [-0.2, 0) is 13.0 Å². The van der Waals surface area contributed by atoms with E-state index in [1.54, 1.807) is 38.0 Å². The molecule has 7 rings (SSSR count). The topological polar surface area (TPSA) is 114 Å². The fraction of sp³-hybridized carbons (Fsp3) is 0.189. The van der Waals surface area contributed by atoms with Crippen molar-refractivity contribution in [2.24, 2.45) is 4.99 Å². The quantitative estimate of drug-likeness (QED) is 0.0961. The predicted molar refractivity (Wildman–Crippen MR) is 195 cm³/mol. The summed E-state index contributed by atoms with van der Waals surface area (Å²) in [6.45, 7) is 0.201. The molecular weight excluding hydrogens is 757 g/mol. The van der Waals surface area contributed by atoms with Gasteiger partial charge < -0.3 is 18.9 Å². The molecule has 2 heterocycles. The van der Waals surface area contributed by atoms with Crippen molar-refractivity contribution in [2.45, 2.75) is 25.5 Å². The maximum atomic E-state index is 14.3. The van der Waals surface area contributed by atoms with Crippen molar-refractivity contribution < 1.29 is 23.9 Å². The molecule has 1 atom stereocenters. The van der Waals surface area contributed by atoms with E-state index in [9.17, 15) is 14.9 Å². The minimum absolute atomic E-state index is 0.0191. The number of hydrogen-bond donors (Lipinski definition) is 0. The molecule has 0 bridgehead atoms. The van der Waals surface area contributed by atoms with Crippen molar-refractivity contribution >= 4 is 51.4 Å². The van der Waals surface area contributed by atoms with Crippen LogP contribution >= 0.6 is 33.9 Å². The van der Waals surface area contributed by atoms with Crippen LogP contribution < -0.4 is 33.8 Å². The third-order valence-electron chi connectivity index (χ3n) is 8.68. The van der Waals surface area contributed by atoms with Gasteiger partial charge in [0.1, 0.15) is 6.61 Å². The molecule has 1 aliphatic heterocycles. The SMILES string of the molecule is COc1ccc([C@@H]2C3=C(N=c4s/c(=C\c5cc(I)c(OCc6ccc([N+](=O)[O-])cc6)c(OC)c5)c(=O)n42)c2ccccc2CC3)cc1OC. The van der Waals surface area contributed by atoms with E-state index in [1.807, 2.05) is 42.5 Å². The summed E-state index contributed by atoms with van der Waals surface area (Å²) in [5, 5.41) is 11.0. The zero-order valence-electron chi connectivity index (χ0n) is 26.8. The number of halogens is 1. The molecule has 0 spiro atoms. The van der Waals surface area contributed by atoms with Crippen LogP contribution in [0.1, 0.15) is 40.3 Å². The Hall–Kier alpha value is -4.95. The summed E-state index contributed by atoms with van der Waals surface area (Å²) in [6.07, 6.45) is 3.49. The number of nitro benzene ring substituents is 1. The zero-order chi connectivity index (χ0) is 34.2. The maximum Gasteiger partial charge on any atom is 0.271 e. The van der Waals surface area contributed by atoms with E-state index < -0.39 is 4.92 Å². The minimum Gasteiger partial charge on any atom is -0.493 e. The molecule has 10 nitrogen and oxygen atoms in total. The van der Waals surface area contributed by atoms with Gasteiger partial charge in [0.15, 0.2) is 27.8 Å². The van der Waals surface area contributed by atoms with Gasteiger partial charge in [-0.25, -0.2) is 4.99 Å². The molecule has 12 heteroatoms. The van der Waals surface area contributed by atoms with E-state index in [2.05, 4.69) is 40.8 Å². The van der Waals surface area contributed by atoms with Crippen LogP contribution in [0, 0.1) is 13.7 Å². The van der Waals surface area contributed by atoms with E-state index >= 15 is 0 Å². The Bertz CT molecular complexity index is 2330. The lowest BCUT2D eigenvalue weighted by atomic mass is 9.83. The van der Waals surface area contributed by atoms with Crippen LogP contribution in [0.25, 0.3) is 11.8 Å². The van der Waals surface area contributed by atoms with Gasteiger partial charge in [0.05, 0.1) is 46.1 Å². The third kappa shape index (κ3) is 6.10. The van der Waals surface area contributed by atoms with Crippen LogP contribution in [0.5, 0.6) is 23.0 Å². The van der Waals surface area contributed by atoms with Gasteiger partial charge >= 0.3 is 0 Å². The number of allylic oxidation sites excluding steroid dienone is 1. The highest BCUT2D eigenvalue weighted by Crippen LogP contribution is 2.43. The number of fused-ring (bicyclic) bond motifs is 3. The maximum absolute atomic E-state index is 14.3. The number of rotatable bonds is 9. The molecule has 4 aromatic carbocycles. The van der Waals surface area contributed by atoms with Gasteiger partial charge in [0.25, 0.3) is 11.2 Å². The van der Waals surface area contributed by atoms with Crippen molar-refractivity contribution in [3.63, 3.8) is 0 Å². The number of benzene rings is 4. The largest absolute Gasteiger partial charge is 0.493 e. The standard InChI is InChI=1S/C37H30IN3O7S/c1-45-29-15-11-24(19-30(29)46-2)34-27-14-10-23-6-4-5-7-26(23)33(27)39-37-40(34)36(42)32(49-37)18-22-16-28(38)35(31(17-22)47-3)48-20-21-8-12-25(13-9-21)41(43)44/h4-9,11-13,15-19,34H,10,14,20H2,1-3H3/b32-18-/t34-/m1/s1. The molecule has 0 fully saturated rings. The zero-order valence-corrected chi connectivity index (χ0v) is 29.7. The third-order valence-corrected chi connectivity index (χ3v) is 10.5. The molecule has 5 aromatic rings. The van der Waals surface area contributed by atoms with E-state index in [-0.39, 0.29) is 23.9 Å². The number of ether oxygens (including phenoxy) is 4. The van der Waals surface area contributed by atoms with Crippen molar-refractivity contribution in [1.29, 1.82) is 0 Å². The van der Waals surface area contributed by atoms with Crippen molar-refractivity contribution in [1.82, 2.24) is 4.57 Å². The first-order chi connectivity index (χ1) is 23.8. The first-order valence-electron chi connectivity index (χ1n) is 15.4. The number of hydrogen-bond acceptors (Lipinski definition) is 9. The van der Waals surface area contributed by atoms with Gasteiger partial charge in [-0.3, -0.25) is 19.5 Å². The van der Waals surface area contributed by atoms with E-state index in [4.69, 9.17) is 23.9 Å². The van der Waals surface area contributed by atoms with Crippen LogP contribution in [0.3, 0.4) is 0 Å². The summed E-state index contributed by atoms with van der Waals surface area (Å²) in [6, 6.07) is 23.8. The average molecular weight is 788 g/mol. The average Bonchev–Trinajstić information content (AvgIpc) is 3.43. The fourth-order valence-electron chi connectivity index (χ4n) is 6.33. The monoisotopic (exact) mass is 787 g/mol. The molecule has 1 aliphatic carbocycles. The van der Waals surface area contributed by atoms with Gasteiger partial charge in [0.2, 0.25) is 0 Å². The fourth-order valence-corrected chi connectivity index (χ4v) is 8.11. The Morgan fingerprint density at radius 1 is 0.959 bits per heavy atom. The minimum atomic E-state index is -0.435. The van der Waals surface area contributed by atoms with Crippen LogP contribution in [0.15, 0.2) is 94.2 Å². The van der Waals surface area contributed by atoms with E-state index in [0.29, 0.717) is 32.3 Å². The molecule has 2 aliphatic rings. The highest BCUT2D eigenvalue weighted by atomic mass is 127. The van der Waals surface area contributed by atoms with Crippen LogP contribution in [0.2, 0.25) is 0 Å². The lowest BCUT2D eigenvalue weighted by Crippen LogP contribution is -2.38. The second-order valence-electron chi connectivity index (χ2n) is 11.5. The van der Waals surface area contributed by atoms with Gasteiger partial charge in [-0.15, -0.1) is 0 Å². The van der Waals surface area contributed by atoms with Crippen LogP contribution in [-0.4, -0.2) is 30.8 Å². The molecule has 0 saturated heterocycles. The second-order valence-corrected chi connectivity index (χ2v) is 13.6. The molecule has 0 N–H and O–H groups in total. The molecule has 248 valence electrons. The highest BCUT2D eigenvalue weighted by molar-refractivity contribution is 14.1. The Kier molecular flexibility index (Phi) is 8.99. The Morgan fingerprint density at radius 3 is 2.45 bits per heavy atom. The summed E-state index contributed by atoms with van der Waals surface area (Å²) in [4.78, 5) is 30.6. The molecule has 0 amide bonds. The normalized spacial score (nSPS) is 15.1. The number of methoxy groups -OCH3 is 3. The summed E-state index contributed by atoms with van der Waals surface area (Å²) >= 11 is 3.54. The van der Waals surface area contributed by atoms with Gasteiger partial charge in [-0.2, -0.15) is 0 Å². The molecule has 0 saturated carbocycles. The number of thiazole rings is 1. The van der Waals surface area contributed by atoms with E-state index in [0.717, 1.165) is 49.9 Å². The molecule has 1 aromatic heterocycles. The van der Waals surface area contributed by atoms with Crippen molar-refractivity contribution in [3.05, 3.63) is 146 Å². The van der Waals surface area contributed by atoms with E-state index in [1.165, 1.54) is 29.0 Å². The Balaban J connectivity index is 1.31. The number of aromatic nitrogens is 1. The second kappa shape index (κ2) is 13.5. The van der Waals surface area contributed by atoms with Crippen molar-refractivity contribution in [3.8, 4) is 23.0 Å². The predicted octanol–water partition coefficient (Wildman–Crippen LogP) is 6.44. The van der Waals surface area contributed by atoms with Gasteiger partial charge in [0, 0.05) is 17.7 Å². The molecule has 0 unspecified atom stereocenters. The molecular formula is C37H30IN3O7S. The number of nitrogens with zero attached hydrogens (tertiary/aromatic N) is 3. The summed E-state index contributed by atoms with van der Waals surface area (Å²) in [7, 11) is 4.77. The summed E-state index contributed by atoms with van der Waals surface area (Å²) in [5.74, 6) is 2.25. The van der Waals surface area contributed by atoms with Crippen molar-refractivity contribution in [2.75, 3.05) is 21.3 Å². The molecule has 49 heavy (non-hydrogen) atoms. The first-order valence-corrected chi connectivity index (χ1v) is 17.3. The number of aryl methyl sites for hydroxylation is 1. The number of non-ortho nitro benzene ring substituents is 1. The van der Waals surface area contributed by atoms with Gasteiger partial charge in [-0.05, 0) is 106 Å². The summed E-state index contributed by atoms with van der Waals surface area (Å²) in [5.41, 5.74) is 6.69. The Labute approximate surface area is 298 Å². The lowest BCUT2D eigenvalue weighted by Gasteiger charge is -2.31. The summed E-state index contributed by atoms with van der Waals surface area (Å²) < 4.78 is 26.1. The Morgan fingerprint density at radius 2 is 1.71 bits per heavy atom. The highest BCUT2D eigenvalue weighted by Gasteiger charge is 2.33. The smallest absolute Gasteiger partial charge is 0.271 e.